The number of carbonyl (C=O) groups excluding carboxylic acids is 2. The Kier molecular flexibility index (Phi) is 6.42. The number of fused-ring (bicyclic) bond motifs is 1. The van der Waals surface area contributed by atoms with Crippen LogP contribution in [0.25, 0.3) is 10.2 Å². The van der Waals surface area contributed by atoms with Crippen LogP contribution in [-0.4, -0.2) is 33.0 Å². The van der Waals surface area contributed by atoms with E-state index in [2.05, 4.69) is 10.3 Å². The third kappa shape index (κ3) is 4.40. The molecule has 0 saturated carbocycles. The van der Waals surface area contributed by atoms with Gasteiger partial charge in [0.15, 0.2) is 5.13 Å². The van der Waals surface area contributed by atoms with Crippen LogP contribution in [0.4, 0.5) is 10.8 Å². The van der Waals surface area contributed by atoms with E-state index < -0.39 is 16.8 Å². The Morgan fingerprint density at radius 3 is 2.59 bits per heavy atom. The molecule has 34 heavy (non-hydrogen) atoms. The lowest BCUT2D eigenvalue weighted by atomic mass is 10.1. The molecule has 2 aromatic heterocycles. The van der Waals surface area contributed by atoms with Crippen LogP contribution in [0, 0.1) is 24.0 Å². The number of benzene rings is 2. The van der Waals surface area contributed by atoms with Crippen molar-refractivity contribution in [2.45, 2.75) is 27.3 Å². The summed E-state index contributed by atoms with van der Waals surface area (Å²) in [6, 6.07) is 14.0. The van der Waals surface area contributed by atoms with E-state index in [0.717, 1.165) is 16.9 Å². The standard InChI is InChI=1S/C24H22N4O5S/c1-4-33-23(30)21-14(2)20(15(3)27(21)13-16-8-6-5-7-9-16)22(29)26-24-25-18-11-10-17(28(31)32)12-19(18)34-24/h5-12H,4,13H2,1-3H3,(H,25,26,29). The highest BCUT2D eigenvalue weighted by Gasteiger charge is 2.28. The van der Waals surface area contributed by atoms with Crippen LogP contribution in [0.3, 0.4) is 0 Å². The molecule has 0 bridgehead atoms. The number of ether oxygens (including phenoxy) is 1. The summed E-state index contributed by atoms with van der Waals surface area (Å²) in [5.41, 5.74) is 3.31. The fourth-order valence-corrected chi connectivity index (χ4v) is 4.79. The minimum Gasteiger partial charge on any atom is -0.461 e. The molecule has 0 aliphatic rings. The Hall–Kier alpha value is -4.05. The highest BCUT2D eigenvalue weighted by atomic mass is 32.1. The summed E-state index contributed by atoms with van der Waals surface area (Å²) >= 11 is 1.15. The van der Waals surface area contributed by atoms with Crippen LogP contribution in [0.1, 0.15) is 44.6 Å². The van der Waals surface area contributed by atoms with E-state index >= 15 is 0 Å². The van der Waals surface area contributed by atoms with Crippen molar-refractivity contribution in [3.8, 4) is 0 Å². The highest BCUT2D eigenvalue weighted by molar-refractivity contribution is 7.22. The third-order valence-corrected chi connectivity index (χ3v) is 6.38. The molecule has 0 aliphatic carbocycles. The number of hydrogen-bond acceptors (Lipinski definition) is 7. The van der Waals surface area contributed by atoms with Gasteiger partial charge >= 0.3 is 5.97 Å². The number of amides is 1. The van der Waals surface area contributed by atoms with Gasteiger partial charge in [-0.15, -0.1) is 0 Å². The van der Waals surface area contributed by atoms with Crippen molar-refractivity contribution in [2.24, 2.45) is 0 Å². The molecule has 0 radical (unpaired) electrons. The number of esters is 1. The van der Waals surface area contributed by atoms with Crippen molar-refractivity contribution < 1.29 is 19.2 Å². The van der Waals surface area contributed by atoms with Crippen molar-refractivity contribution >= 4 is 44.2 Å². The number of aromatic nitrogens is 2. The molecule has 174 valence electrons. The minimum atomic E-state index is -0.495. The van der Waals surface area contributed by atoms with Gasteiger partial charge in [0.25, 0.3) is 11.6 Å². The van der Waals surface area contributed by atoms with Gasteiger partial charge in [-0.1, -0.05) is 41.7 Å². The number of nitro benzene ring substituents is 1. The molecule has 2 heterocycles. The van der Waals surface area contributed by atoms with Crippen LogP contribution in [0.5, 0.6) is 0 Å². The Morgan fingerprint density at radius 2 is 1.91 bits per heavy atom. The summed E-state index contributed by atoms with van der Waals surface area (Å²) in [7, 11) is 0. The van der Waals surface area contributed by atoms with Crippen molar-refractivity contribution in [3.05, 3.63) is 86.7 Å². The number of thiazole rings is 1. The second-order valence-corrected chi connectivity index (χ2v) is 8.64. The molecule has 1 amide bonds. The molecule has 0 saturated heterocycles. The average Bonchev–Trinajstić information content (AvgIpc) is 3.31. The summed E-state index contributed by atoms with van der Waals surface area (Å²) in [6.07, 6.45) is 0. The molecule has 0 spiro atoms. The number of nitrogens with zero attached hydrogens (tertiary/aromatic N) is 3. The SMILES string of the molecule is CCOC(=O)c1c(C)c(C(=O)Nc2nc3ccc([N+](=O)[O-])cc3s2)c(C)n1Cc1ccccc1. The van der Waals surface area contributed by atoms with Crippen LogP contribution < -0.4 is 5.32 Å². The lowest BCUT2D eigenvalue weighted by Gasteiger charge is -2.12. The normalized spacial score (nSPS) is 10.9. The summed E-state index contributed by atoms with van der Waals surface area (Å²) in [4.78, 5) is 41.0. The number of non-ortho nitro benzene ring substituents is 1. The van der Waals surface area contributed by atoms with E-state index in [9.17, 15) is 19.7 Å². The third-order valence-electron chi connectivity index (χ3n) is 5.45. The monoisotopic (exact) mass is 478 g/mol. The van der Waals surface area contributed by atoms with E-state index in [-0.39, 0.29) is 12.3 Å². The molecule has 2 aromatic carbocycles. The number of nitro groups is 1. The van der Waals surface area contributed by atoms with E-state index in [1.165, 1.54) is 12.1 Å². The molecule has 0 fully saturated rings. The Labute approximate surface area is 199 Å². The first-order valence-electron chi connectivity index (χ1n) is 10.6. The molecule has 1 N–H and O–H groups in total. The molecule has 0 atom stereocenters. The second-order valence-electron chi connectivity index (χ2n) is 7.61. The summed E-state index contributed by atoms with van der Waals surface area (Å²) in [5.74, 6) is -0.911. The fraction of sp³-hybridized carbons (Fsp3) is 0.208. The number of rotatable bonds is 7. The first-order chi connectivity index (χ1) is 16.3. The van der Waals surface area contributed by atoms with Gasteiger partial charge in [-0.05, 0) is 38.0 Å². The summed E-state index contributed by atoms with van der Waals surface area (Å²) in [6.45, 7) is 5.86. The van der Waals surface area contributed by atoms with Gasteiger partial charge in [-0.25, -0.2) is 9.78 Å². The zero-order valence-corrected chi connectivity index (χ0v) is 19.6. The Bertz CT molecular complexity index is 1410. The van der Waals surface area contributed by atoms with Gasteiger partial charge in [0, 0.05) is 24.4 Å². The van der Waals surface area contributed by atoms with Gasteiger partial charge in [-0.2, -0.15) is 0 Å². The van der Waals surface area contributed by atoms with Crippen molar-refractivity contribution in [3.63, 3.8) is 0 Å². The van der Waals surface area contributed by atoms with Crippen molar-refractivity contribution in [2.75, 3.05) is 11.9 Å². The molecule has 9 nitrogen and oxygen atoms in total. The van der Waals surface area contributed by atoms with E-state index in [0.29, 0.717) is 44.4 Å². The fourth-order valence-electron chi connectivity index (χ4n) is 3.90. The predicted octanol–water partition coefficient (Wildman–Crippen LogP) is 5.10. The molecule has 0 unspecified atom stereocenters. The number of carbonyl (C=O) groups is 2. The molecule has 4 rings (SSSR count). The van der Waals surface area contributed by atoms with Gasteiger partial charge in [0.2, 0.25) is 0 Å². The zero-order chi connectivity index (χ0) is 24.4. The molecule has 0 aliphatic heterocycles. The van der Waals surface area contributed by atoms with Crippen LogP contribution in [-0.2, 0) is 11.3 Å². The Balaban J connectivity index is 1.71. The topological polar surface area (TPSA) is 116 Å². The summed E-state index contributed by atoms with van der Waals surface area (Å²) in [5, 5.41) is 14.1. The summed E-state index contributed by atoms with van der Waals surface area (Å²) < 4.78 is 7.65. The van der Waals surface area contributed by atoms with E-state index in [1.807, 2.05) is 30.3 Å². The quantitative estimate of drug-likeness (QED) is 0.224. The van der Waals surface area contributed by atoms with E-state index in [4.69, 9.17) is 4.74 Å². The first-order valence-corrected chi connectivity index (χ1v) is 11.4. The maximum atomic E-state index is 13.3. The molecular formula is C24H22N4O5S. The maximum Gasteiger partial charge on any atom is 0.355 e. The second kappa shape index (κ2) is 9.44. The molecular weight excluding hydrogens is 456 g/mol. The van der Waals surface area contributed by atoms with Crippen molar-refractivity contribution in [1.29, 1.82) is 0 Å². The smallest absolute Gasteiger partial charge is 0.355 e. The van der Waals surface area contributed by atoms with Crippen LogP contribution >= 0.6 is 11.3 Å². The maximum absolute atomic E-state index is 13.3. The van der Waals surface area contributed by atoms with Gasteiger partial charge < -0.3 is 9.30 Å². The minimum absolute atomic E-state index is 0.0437. The molecule has 4 aromatic rings. The zero-order valence-electron chi connectivity index (χ0n) is 18.8. The van der Waals surface area contributed by atoms with Crippen molar-refractivity contribution in [1.82, 2.24) is 9.55 Å². The number of hydrogen-bond donors (Lipinski definition) is 1. The number of nitrogens with one attached hydrogen (secondary N) is 1. The number of anilines is 1. The predicted molar refractivity (Wildman–Crippen MR) is 130 cm³/mol. The van der Waals surface area contributed by atoms with Gasteiger partial charge in [0.05, 0.1) is 27.3 Å². The largest absolute Gasteiger partial charge is 0.461 e. The van der Waals surface area contributed by atoms with Crippen LogP contribution in [0.2, 0.25) is 0 Å². The Morgan fingerprint density at radius 1 is 1.18 bits per heavy atom. The van der Waals surface area contributed by atoms with E-state index in [1.54, 1.807) is 31.4 Å². The lowest BCUT2D eigenvalue weighted by molar-refractivity contribution is -0.384. The first kappa shape index (κ1) is 23.1. The lowest BCUT2D eigenvalue weighted by Crippen LogP contribution is -2.15. The average molecular weight is 479 g/mol. The van der Waals surface area contributed by atoms with Gasteiger partial charge in [-0.3, -0.25) is 20.2 Å². The molecule has 10 heteroatoms. The van der Waals surface area contributed by atoms with Crippen LogP contribution in [0.15, 0.2) is 48.5 Å². The van der Waals surface area contributed by atoms with Gasteiger partial charge in [0.1, 0.15) is 5.69 Å². The highest BCUT2D eigenvalue weighted by Crippen LogP contribution is 2.31.